The van der Waals surface area contributed by atoms with E-state index >= 15 is 0 Å². The van der Waals surface area contributed by atoms with Crippen LogP contribution in [0.4, 0.5) is 9.59 Å². The van der Waals surface area contributed by atoms with E-state index in [0.29, 0.717) is 0 Å². The van der Waals surface area contributed by atoms with E-state index in [0.717, 1.165) is 0 Å². The maximum Gasteiger partial charge on any atom is 0.408 e. The Morgan fingerprint density at radius 2 is 1.44 bits per heavy atom. The van der Waals surface area contributed by atoms with Gasteiger partial charge in [0.1, 0.15) is 41.7 Å². The van der Waals surface area contributed by atoms with Gasteiger partial charge in [0.2, 0.25) is 0 Å². The number of hydrogen-bond acceptors (Lipinski definition) is 11. The number of aliphatic hydroxyl groups is 4. The summed E-state index contributed by atoms with van der Waals surface area (Å²) in [6.45, 7) is 8.95. The third kappa shape index (κ3) is 11.2. The summed E-state index contributed by atoms with van der Waals surface area (Å²) in [4.78, 5) is 35.8. The molecule has 0 aromatic rings. The van der Waals surface area contributed by atoms with E-state index in [1.807, 2.05) is 0 Å². The Morgan fingerprint density at radius 1 is 0.889 bits per heavy atom. The minimum Gasteiger partial charge on any atom is -0.480 e. The van der Waals surface area contributed by atoms with E-state index in [1.165, 1.54) is 0 Å². The Balaban J connectivity index is 2.94. The Morgan fingerprint density at radius 3 is 1.94 bits per heavy atom. The van der Waals surface area contributed by atoms with Crippen LogP contribution < -0.4 is 10.6 Å². The van der Waals surface area contributed by atoms with Crippen LogP contribution in [-0.2, 0) is 23.7 Å². The molecule has 210 valence electrons. The summed E-state index contributed by atoms with van der Waals surface area (Å²) >= 11 is 0. The number of carboxylic acid groups (broad SMARTS) is 1. The molecule has 1 heterocycles. The van der Waals surface area contributed by atoms with Crippen LogP contribution in [-0.4, -0.2) is 111 Å². The Hall–Kier alpha value is -2.23. The average molecular weight is 525 g/mol. The molecular weight excluding hydrogens is 484 g/mol. The zero-order valence-electron chi connectivity index (χ0n) is 21.5. The highest BCUT2D eigenvalue weighted by Gasteiger charge is 2.45. The molecule has 0 radical (unpaired) electrons. The van der Waals surface area contributed by atoms with Gasteiger partial charge in [-0.2, -0.15) is 0 Å². The second-order valence-corrected chi connectivity index (χ2v) is 10.5. The van der Waals surface area contributed by atoms with E-state index in [1.54, 1.807) is 41.5 Å². The number of aliphatic hydroxyl groups excluding tert-OH is 4. The number of rotatable bonds is 10. The van der Waals surface area contributed by atoms with Crippen molar-refractivity contribution in [3.8, 4) is 0 Å². The minimum absolute atomic E-state index is 0.0718. The van der Waals surface area contributed by atoms with Gasteiger partial charge >= 0.3 is 18.2 Å². The van der Waals surface area contributed by atoms with Crippen LogP contribution in [0, 0.1) is 0 Å². The van der Waals surface area contributed by atoms with E-state index in [-0.39, 0.29) is 19.4 Å². The second kappa shape index (κ2) is 13.4. The number of nitrogens with one attached hydrogen (secondary N) is 2. The molecule has 1 aliphatic rings. The molecular formula is C22H40N2O12. The summed E-state index contributed by atoms with van der Waals surface area (Å²) in [7, 11) is 0. The highest BCUT2D eigenvalue weighted by molar-refractivity contribution is 5.79. The average Bonchev–Trinajstić information content (AvgIpc) is 2.71. The monoisotopic (exact) mass is 524 g/mol. The van der Waals surface area contributed by atoms with Crippen molar-refractivity contribution in [1.29, 1.82) is 0 Å². The first kappa shape index (κ1) is 31.8. The van der Waals surface area contributed by atoms with Gasteiger partial charge in [-0.25, -0.2) is 14.4 Å². The standard InChI is InChI=1S/C22H40N2O12/c1-21(2,3)35-19(31)23-9-11(33-18-16(28)15(27)14(26)13(10-25)34-18)7-8-12(17(29)30)24-20(32)36-22(4,5)6/h11-16,18,25-28H,7-10H2,1-6H3,(H,23,31)(H,24,32)(H,29,30)/t11-,12+,13-,14+,15+,16-,18-/m1/s1. The fraction of sp³-hybridized carbons (Fsp3) is 0.864. The molecule has 7 atom stereocenters. The minimum atomic E-state index is -1.71. The van der Waals surface area contributed by atoms with Crippen LogP contribution in [0.15, 0.2) is 0 Å². The number of carbonyl (C=O) groups excluding carboxylic acids is 2. The van der Waals surface area contributed by atoms with E-state index in [9.17, 15) is 39.9 Å². The lowest BCUT2D eigenvalue weighted by molar-refractivity contribution is -0.311. The van der Waals surface area contributed by atoms with E-state index in [2.05, 4.69) is 10.6 Å². The predicted octanol–water partition coefficient (Wildman–Crippen LogP) is -0.546. The summed E-state index contributed by atoms with van der Waals surface area (Å²) in [5.41, 5.74) is -1.64. The van der Waals surface area contributed by atoms with Gasteiger partial charge in [-0.1, -0.05) is 0 Å². The maximum atomic E-state index is 12.1. The third-order valence-corrected chi connectivity index (χ3v) is 4.81. The number of ether oxygens (including phenoxy) is 4. The van der Waals surface area contributed by atoms with Gasteiger partial charge in [-0.15, -0.1) is 0 Å². The van der Waals surface area contributed by atoms with Crippen LogP contribution in [0.3, 0.4) is 0 Å². The number of carboxylic acids is 1. The van der Waals surface area contributed by atoms with Gasteiger partial charge < -0.3 is 55.1 Å². The van der Waals surface area contributed by atoms with Crippen LogP contribution >= 0.6 is 0 Å². The molecule has 0 aromatic carbocycles. The van der Waals surface area contributed by atoms with Crippen LogP contribution in [0.1, 0.15) is 54.4 Å². The van der Waals surface area contributed by atoms with Crippen molar-refractivity contribution in [2.45, 2.75) is 108 Å². The van der Waals surface area contributed by atoms with Gasteiger partial charge in [0, 0.05) is 6.54 Å². The van der Waals surface area contributed by atoms with Crippen LogP contribution in [0.25, 0.3) is 0 Å². The van der Waals surface area contributed by atoms with Crippen LogP contribution in [0.2, 0.25) is 0 Å². The van der Waals surface area contributed by atoms with Gasteiger partial charge in [-0.3, -0.25) is 0 Å². The van der Waals surface area contributed by atoms with Crippen molar-refractivity contribution < 1.29 is 58.9 Å². The molecule has 0 saturated carbocycles. The van der Waals surface area contributed by atoms with Crippen molar-refractivity contribution in [3.63, 3.8) is 0 Å². The molecule has 0 aliphatic carbocycles. The number of aliphatic carboxylic acids is 1. The van der Waals surface area contributed by atoms with Gasteiger partial charge in [0.15, 0.2) is 6.29 Å². The zero-order valence-corrected chi connectivity index (χ0v) is 21.5. The molecule has 0 aromatic heterocycles. The fourth-order valence-corrected chi connectivity index (χ4v) is 3.16. The lowest BCUT2D eigenvalue weighted by atomic mass is 9.99. The summed E-state index contributed by atoms with van der Waals surface area (Å²) in [6.07, 6.45) is -10.7. The zero-order chi connectivity index (χ0) is 27.8. The molecule has 0 spiro atoms. The Bertz CT molecular complexity index is 734. The molecule has 1 saturated heterocycles. The molecule has 14 nitrogen and oxygen atoms in total. The van der Waals surface area contributed by atoms with E-state index < -0.39 is 78.8 Å². The first-order chi connectivity index (χ1) is 16.4. The third-order valence-electron chi connectivity index (χ3n) is 4.81. The second-order valence-electron chi connectivity index (χ2n) is 10.5. The van der Waals surface area contributed by atoms with Gasteiger partial charge in [0.25, 0.3) is 0 Å². The highest BCUT2D eigenvalue weighted by atomic mass is 16.7. The van der Waals surface area contributed by atoms with Gasteiger partial charge in [-0.05, 0) is 54.4 Å². The van der Waals surface area contributed by atoms with Crippen molar-refractivity contribution >= 4 is 18.2 Å². The lowest BCUT2D eigenvalue weighted by Gasteiger charge is -2.41. The number of hydrogen-bond donors (Lipinski definition) is 7. The summed E-state index contributed by atoms with van der Waals surface area (Å²) in [5, 5.41) is 53.9. The molecule has 2 amide bonds. The summed E-state index contributed by atoms with van der Waals surface area (Å²) in [6, 6.07) is -1.37. The number of carbonyl (C=O) groups is 3. The van der Waals surface area contributed by atoms with Crippen molar-refractivity contribution in [1.82, 2.24) is 10.6 Å². The molecule has 7 N–H and O–H groups in total. The summed E-state index contributed by atoms with van der Waals surface area (Å²) in [5.74, 6) is -1.34. The Kier molecular flexibility index (Phi) is 11.8. The topological polar surface area (TPSA) is 213 Å². The molecule has 0 bridgehead atoms. The van der Waals surface area contributed by atoms with Crippen molar-refractivity contribution in [2.75, 3.05) is 13.2 Å². The maximum absolute atomic E-state index is 12.1. The normalized spacial score (nSPS) is 26.4. The van der Waals surface area contributed by atoms with Crippen molar-refractivity contribution in [3.05, 3.63) is 0 Å². The quantitative estimate of drug-likeness (QED) is 0.192. The van der Waals surface area contributed by atoms with Gasteiger partial charge in [0.05, 0.1) is 12.7 Å². The fourth-order valence-electron chi connectivity index (χ4n) is 3.16. The molecule has 1 rings (SSSR count). The Labute approximate surface area is 209 Å². The highest BCUT2D eigenvalue weighted by Crippen LogP contribution is 2.24. The van der Waals surface area contributed by atoms with Crippen LogP contribution in [0.5, 0.6) is 0 Å². The largest absolute Gasteiger partial charge is 0.480 e. The number of alkyl carbamates (subject to hydrolysis) is 2. The molecule has 0 unspecified atom stereocenters. The predicted molar refractivity (Wildman–Crippen MR) is 123 cm³/mol. The first-order valence-corrected chi connectivity index (χ1v) is 11.6. The SMILES string of the molecule is CC(C)(C)OC(=O)NC[C@@H](CC[C@H](NC(=O)OC(C)(C)C)C(=O)O)O[C@@H]1O[C@H](CO)[C@H](O)[C@H](O)[C@H]1O. The lowest BCUT2D eigenvalue weighted by Crippen LogP contribution is -2.60. The molecule has 1 fully saturated rings. The smallest absolute Gasteiger partial charge is 0.408 e. The summed E-state index contributed by atoms with van der Waals surface area (Å²) < 4.78 is 21.3. The molecule has 36 heavy (non-hydrogen) atoms. The number of amides is 2. The van der Waals surface area contributed by atoms with E-state index in [4.69, 9.17) is 18.9 Å². The first-order valence-electron chi connectivity index (χ1n) is 11.6. The molecule has 14 heteroatoms. The van der Waals surface area contributed by atoms with Crippen molar-refractivity contribution in [2.24, 2.45) is 0 Å². The molecule has 1 aliphatic heterocycles.